The van der Waals surface area contributed by atoms with Crippen LogP contribution in [0.5, 0.6) is 0 Å². The average molecular weight is 277 g/mol. The van der Waals surface area contributed by atoms with Crippen molar-refractivity contribution in [3.8, 4) is 11.6 Å². The SMILES string of the molecule is NCCn1cnc(-c2nc(CC3CCCCO3)no2)c1. The van der Waals surface area contributed by atoms with Gasteiger partial charge in [0.15, 0.2) is 5.82 Å². The van der Waals surface area contributed by atoms with Gasteiger partial charge < -0.3 is 19.6 Å². The minimum atomic E-state index is 0.212. The van der Waals surface area contributed by atoms with Gasteiger partial charge in [-0.25, -0.2) is 4.98 Å². The average Bonchev–Trinajstić information content (AvgIpc) is 3.10. The molecule has 2 aromatic rings. The molecule has 0 aliphatic carbocycles. The number of hydrogen-bond acceptors (Lipinski definition) is 6. The van der Waals surface area contributed by atoms with Gasteiger partial charge in [0.25, 0.3) is 5.89 Å². The Morgan fingerprint density at radius 3 is 3.15 bits per heavy atom. The summed E-state index contributed by atoms with van der Waals surface area (Å²) in [7, 11) is 0. The predicted octanol–water partition coefficient (Wildman–Crippen LogP) is 1.00. The number of nitrogens with two attached hydrogens (primary N) is 1. The standard InChI is InChI=1S/C13H19N5O2/c14-4-5-18-8-11(15-9-18)13-16-12(17-20-13)7-10-3-1-2-6-19-10/h8-10H,1-7,14H2. The van der Waals surface area contributed by atoms with Crippen LogP contribution in [-0.2, 0) is 17.7 Å². The van der Waals surface area contributed by atoms with Gasteiger partial charge in [-0.05, 0) is 19.3 Å². The first-order valence-electron chi connectivity index (χ1n) is 7.01. The van der Waals surface area contributed by atoms with Gasteiger partial charge in [-0.2, -0.15) is 4.98 Å². The predicted molar refractivity (Wildman–Crippen MR) is 71.9 cm³/mol. The molecular formula is C13H19N5O2. The Hall–Kier alpha value is -1.73. The maximum absolute atomic E-state index is 5.68. The van der Waals surface area contributed by atoms with Gasteiger partial charge in [0.05, 0.1) is 12.4 Å². The third-order valence-electron chi connectivity index (χ3n) is 3.39. The molecule has 1 fully saturated rings. The van der Waals surface area contributed by atoms with Crippen LogP contribution in [0.4, 0.5) is 0 Å². The molecule has 3 heterocycles. The lowest BCUT2D eigenvalue weighted by Crippen LogP contribution is -2.21. The molecule has 7 heteroatoms. The van der Waals surface area contributed by atoms with Crippen LogP contribution in [0.15, 0.2) is 17.0 Å². The third-order valence-corrected chi connectivity index (χ3v) is 3.39. The molecule has 1 unspecified atom stereocenters. The fourth-order valence-electron chi connectivity index (χ4n) is 2.35. The highest BCUT2D eigenvalue weighted by Gasteiger charge is 2.18. The Bertz CT molecular complexity index is 544. The molecule has 108 valence electrons. The fraction of sp³-hybridized carbons (Fsp3) is 0.615. The van der Waals surface area contributed by atoms with Crippen LogP contribution in [0.1, 0.15) is 25.1 Å². The molecule has 0 saturated carbocycles. The molecule has 7 nitrogen and oxygen atoms in total. The van der Waals surface area contributed by atoms with E-state index in [0.717, 1.165) is 26.0 Å². The Kier molecular flexibility index (Phi) is 4.08. The van der Waals surface area contributed by atoms with Gasteiger partial charge in [-0.3, -0.25) is 0 Å². The van der Waals surface area contributed by atoms with E-state index in [1.54, 1.807) is 6.33 Å². The molecule has 2 aromatic heterocycles. The molecule has 1 aliphatic rings. The maximum Gasteiger partial charge on any atom is 0.278 e. The number of imidazole rings is 1. The van der Waals surface area contributed by atoms with Gasteiger partial charge in [0, 0.05) is 32.3 Å². The summed E-state index contributed by atoms with van der Waals surface area (Å²) in [5.74, 6) is 1.13. The molecule has 1 aliphatic heterocycles. The molecular weight excluding hydrogens is 258 g/mol. The van der Waals surface area contributed by atoms with Crippen molar-refractivity contribution in [3.05, 3.63) is 18.3 Å². The van der Waals surface area contributed by atoms with Crippen molar-refractivity contribution >= 4 is 0 Å². The molecule has 0 radical (unpaired) electrons. The van der Waals surface area contributed by atoms with E-state index >= 15 is 0 Å². The van der Waals surface area contributed by atoms with Crippen LogP contribution in [0.2, 0.25) is 0 Å². The highest BCUT2D eigenvalue weighted by molar-refractivity contribution is 5.44. The van der Waals surface area contributed by atoms with Gasteiger partial charge in [-0.15, -0.1) is 0 Å². The molecule has 0 spiro atoms. The quantitative estimate of drug-likeness (QED) is 0.876. The highest BCUT2D eigenvalue weighted by atomic mass is 16.5. The first-order valence-corrected chi connectivity index (χ1v) is 7.01. The molecule has 0 bridgehead atoms. The van der Waals surface area contributed by atoms with Crippen molar-refractivity contribution in [2.45, 2.75) is 38.3 Å². The van der Waals surface area contributed by atoms with Crippen molar-refractivity contribution in [2.75, 3.05) is 13.2 Å². The van der Waals surface area contributed by atoms with E-state index in [1.807, 2.05) is 10.8 Å². The topological polar surface area (TPSA) is 92.0 Å². The van der Waals surface area contributed by atoms with Gasteiger partial charge in [0.1, 0.15) is 5.69 Å². The Labute approximate surface area is 117 Å². The van der Waals surface area contributed by atoms with E-state index in [2.05, 4.69) is 15.1 Å². The largest absolute Gasteiger partial charge is 0.378 e. The lowest BCUT2D eigenvalue weighted by molar-refractivity contribution is 0.0153. The van der Waals surface area contributed by atoms with E-state index in [-0.39, 0.29) is 6.10 Å². The van der Waals surface area contributed by atoms with E-state index < -0.39 is 0 Å². The van der Waals surface area contributed by atoms with Crippen molar-refractivity contribution < 1.29 is 9.26 Å². The Balaban J connectivity index is 1.65. The fourth-order valence-corrected chi connectivity index (χ4v) is 2.35. The van der Waals surface area contributed by atoms with Gasteiger partial charge >= 0.3 is 0 Å². The van der Waals surface area contributed by atoms with Crippen LogP contribution in [0.3, 0.4) is 0 Å². The van der Waals surface area contributed by atoms with E-state index in [4.69, 9.17) is 15.0 Å². The van der Waals surface area contributed by atoms with Crippen LogP contribution in [0, 0.1) is 0 Å². The van der Waals surface area contributed by atoms with E-state index in [1.165, 1.54) is 6.42 Å². The first-order chi connectivity index (χ1) is 9.85. The van der Waals surface area contributed by atoms with Crippen LogP contribution < -0.4 is 5.73 Å². The van der Waals surface area contributed by atoms with Crippen molar-refractivity contribution in [1.82, 2.24) is 19.7 Å². The zero-order valence-electron chi connectivity index (χ0n) is 11.4. The summed E-state index contributed by atoms with van der Waals surface area (Å²) in [6.45, 7) is 2.13. The smallest absolute Gasteiger partial charge is 0.278 e. The number of hydrogen-bond donors (Lipinski definition) is 1. The highest BCUT2D eigenvalue weighted by Crippen LogP contribution is 2.18. The van der Waals surface area contributed by atoms with Crippen molar-refractivity contribution in [1.29, 1.82) is 0 Å². The van der Waals surface area contributed by atoms with Crippen LogP contribution in [-0.4, -0.2) is 38.9 Å². The summed E-state index contributed by atoms with van der Waals surface area (Å²) >= 11 is 0. The van der Waals surface area contributed by atoms with E-state index in [0.29, 0.717) is 30.4 Å². The summed E-state index contributed by atoms with van der Waals surface area (Å²) in [6, 6.07) is 0. The summed E-state index contributed by atoms with van der Waals surface area (Å²) in [5, 5.41) is 4.00. The van der Waals surface area contributed by atoms with Crippen molar-refractivity contribution in [2.24, 2.45) is 5.73 Å². The van der Waals surface area contributed by atoms with Gasteiger partial charge in [0.2, 0.25) is 0 Å². The normalized spacial score (nSPS) is 19.4. The summed E-state index contributed by atoms with van der Waals surface area (Å²) < 4.78 is 12.8. The van der Waals surface area contributed by atoms with Crippen molar-refractivity contribution in [3.63, 3.8) is 0 Å². The number of aromatic nitrogens is 4. The molecule has 3 rings (SSSR count). The van der Waals surface area contributed by atoms with Crippen LogP contribution in [0.25, 0.3) is 11.6 Å². The minimum Gasteiger partial charge on any atom is -0.378 e. The third kappa shape index (κ3) is 3.05. The van der Waals surface area contributed by atoms with E-state index in [9.17, 15) is 0 Å². The second kappa shape index (κ2) is 6.15. The molecule has 1 atom stereocenters. The molecule has 20 heavy (non-hydrogen) atoms. The minimum absolute atomic E-state index is 0.212. The second-order valence-electron chi connectivity index (χ2n) is 4.99. The number of ether oxygens (including phenoxy) is 1. The molecule has 1 saturated heterocycles. The van der Waals surface area contributed by atoms with Crippen LogP contribution >= 0.6 is 0 Å². The second-order valence-corrected chi connectivity index (χ2v) is 4.99. The summed E-state index contributed by atoms with van der Waals surface area (Å²) in [6.07, 6.45) is 7.91. The van der Waals surface area contributed by atoms with Gasteiger partial charge in [-0.1, -0.05) is 5.16 Å². The zero-order chi connectivity index (χ0) is 13.8. The summed E-state index contributed by atoms with van der Waals surface area (Å²) in [5.41, 5.74) is 6.18. The Morgan fingerprint density at radius 2 is 2.35 bits per heavy atom. The number of nitrogens with zero attached hydrogens (tertiary/aromatic N) is 4. The first kappa shape index (κ1) is 13.3. The maximum atomic E-state index is 5.68. The summed E-state index contributed by atoms with van der Waals surface area (Å²) in [4.78, 5) is 8.63. The number of rotatable bonds is 5. The zero-order valence-corrected chi connectivity index (χ0v) is 11.4. The molecule has 0 amide bonds. The molecule has 0 aromatic carbocycles. The lowest BCUT2D eigenvalue weighted by atomic mass is 10.1. The monoisotopic (exact) mass is 277 g/mol. The lowest BCUT2D eigenvalue weighted by Gasteiger charge is -2.20. The Morgan fingerprint density at radius 1 is 1.40 bits per heavy atom. The molecule has 2 N–H and O–H groups in total.